The smallest absolute Gasteiger partial charge is 0.236 e. The van der Waals surface area contributed by atoms with E-state index in [9.17, 15) is 4.79 Å². The Morgan fingerprint density at radius 1 is 1.26 bits per heavy atom. The minimum atomic E-state index is -0.145. The minimum absolute atomic E-state index is 0.145. The zero-order valence-electron chi connectivity index (χ0n) is 14.3. The molecule has 0 spiro atoms. The zero-order chi connectivity index (χ0) is 18.6. The van der Waals surface area contributed by atoms with Crippen molar-refractivity contribution in [1.29, 1.82) is 0 Å². The number of nitrogens with one attached hydrogen (secondary N) is 1. The molecule has 1 N–H and O–H groups in total. The van der Waals surface area contributed by atoms with E-state index in [0.717, 1.165) is 21.7 Å². The third-order valence-electron chi connectivity index (χ3n) is 3.73. The van der Waals surface area contributed by atoms with Gasteiger partial charge in [-0.1, -0.05) is 41.3 Å². The maximum atomic E-state index is 12.3. The minimum Gasteiger partial charge on any atom is -0.497 e. The van der Waals surface area contributed by atoms with E-state index < -0.39 is 0 Å². The fourth-order valence-corrected chi connectivity index (χ4v) is 4.10. The van der Waals surface area contributed by atoms with Gasteiger partial charge in [-0.05, 0) is 30.3 Å². The summed E-state index contributed by atoms with van der Waals surface area (Å²) in [6.45, 7) is 0. The van der Waals surface area contributed by atoms with Gasteiger partial charge in [-0.15, -0.1) is 10.2 Å². The molecule has 0 unspecified atom stereocenters. The first-order valence-electron chi connectivity index (χ1n) is 8.05. The first-order chi connectivity index (χ1) is 13.2. The van der Waals surface area contributed by atoms with Gasteiger partial charge in [-0.2, -0.15) is 0 Å². The molecule has 2 aromatic carbocycles. The van der Waals surface area contributed by atoms with Crippen LogP contribution in [-0.2, 0) is 4.79 Å². The number of nitrogens with zero attached hydrogens (tertiary/aromatic N) is 4. The number of thiazole rings is 1. The Kier molecular flexibility index (Phi) is 5.03. The highest BCUT2D eigenvalue weighted by molar-refractivity contribution is 7.99. The van der Waals surface area contributed by atoms with E-state index in [1.807, 2.05) is 53.1 Å². The van der Waals surface area contributed by atoms with Crippen LogP contribution in [0.4, 0.5) is 5.13 Å². The van der Waals surface area contributed by atoms with Crippen LogP contribution in [0, 0.1) is 0 Å². The molecule has 0 atom stereocenters. The highest BCUT2D eigenvalue weighted by atomic mass is 32.2. The molecule has 2 heterocycles. The van der Waals surface area contributed by atoms with Crippen LogP contribution < -0.4 is 10.1 Å². The molecule has 0 radical (unpaired) electrons. The largest absolute Gasteiger partial charge is 0.497 e. The standard InChI is InChI=1S/C18H15N5O2S2/c1-25-13-7-8-14-15(9-13)27-17(20-14)21-16(24)10-26-18-22-19-11-23(18)12-5-3-2-4-6-12/h2-9,11H,10H2,1H3,(H,20,21,24). The Balaban J connectivity index is 1.41. The summed E-state index contributed by atoms with van der Waals surface area (Å²) < 4.78 is 8.02. The number of rotatable bonds is 6. The lowest BCUT2D eigenvalue weighted by atomic mass is 10.3. The number of ether oxygens (including phenoxy) is 1. The Morgan fingerprint density at radius 2 is 2.11 bits per heavy atom. The van der Waals surface area contributed by atoms with Gasteiger partial charge < -0.3 is 10.1 Å². The Bertz CT molecular complexity index is 1080. The highest BCUT2D eigenvalue weighted by Crippen LogP contribution is 2.29. The molecular formula is C18H15N5O2S2. The summed E-state index contributed by atoms with van der Waals surface area (Å²) >= 11 is 2.74. The first-order valence-corrected chi connectivity index (χ1v) is 9.86. The molecule has 2 aromatic heterocycles. The van der Waals surface area contributed by atoms with Gasteiger partial charge in [0, 0.05) is 5.69 Å². The van der Waals surface area contributed by atoms with Crippen molar-refractivity contribution in [3.05, 3.63) is 54.9 Å². The normalized spacial score (nSPS) is 10.9. The number of thioether (sulfide) groups is 1. The van der Waals surface area contributed by atoms with Gasteiger partial charge >= 0.3 is 0 Å². The number of carbonyl (C=O) groups excluding carboxylic acids is 1. The fourth-order valence-electron chi connectivity index (χ4n) is 2.46. The molecule has 0 saturated heterocycles. The average molecular weight is 397 g/mol. The fraction of sp³-hybridized carbons (Fsp3) is 0.111. The second-order valence-electron chi connectivity index (χ2n) is 5.51. The number of benzene rings is 2. The van der Waals surface area contributed by atoms with E-state index in [0.29, 0.717) is 10.3 Å². The van der Waals surface area contributed by atoms with Gasteiger partial charge in [0.2, 0.25) is 5.91 Å². The summed E-state index contributed by atoms with van der Waals surface area (Å²) in [6.07, 6.45) is 1.64. The van der Waals surface area contributed by atoms with Crippen molar-refractivity contribution in [2.75, 3.05) is 18.2 Å². The summed E-state index contributed by atoms with van der Waals surface area (Å²) in [5, 5.41) is 12.1. The molecule has 27 heavy (non-hydrogen) atoms. The van der Waals surface area contributed by atoms with Crippen LogP contribution in [0.2, 0.25) is 0 Å². The zero-order valence-corrected chi connectivity index (χ0v) is 16.0. The van der Waals surface area contributed by atoms with Crippen LogP contribution in [0.1, 0.15) is 0 Å². The Morgan fingerprint density at radius 3 is 2.93 bits per heavy atom. The molecule has 7 nitrogen and oxygen atoms in total. The SMILES string of the molecule is COc1ccc2nc(NC(=O)CSc3nncn3-c3ccccc3)sc2c1. The maximum absolute atomic E-state index is 12.3. The number of aromatic nitrogens is 4. The van der Waals surface area contributed by atoms with Crippen molar-refractivity contribution in [3.63, 3.8) is 0 Å². The average Bonchev–Trinajstić information content (AvgIpc) is 3.32. The molecule has 0 aliphatic heterocycles. The Hall–Kier alpha value is -2.91. The molecule has 0 aliphatic carbocycles. The molecule has 0 bridgehead atoms. The van der Waals surface area contributed by atoms with Crippen molar-refractivity contribution in [2.24, 2.45) is 0 Å². The lowest BCUT2D eigenvalue weighted by molar-refractivity contribution is -0.113. The van der Waals surface area contributed by atoms with E-state index in [4.69, 9.17) is 4.74 Å². The van der Waals surface area contributed by atoms with Crippen LogP contribution in [0.25, 0.3) is 15.9 Å². The van der Waals surface area contributed by atoms with Crippen molar-refractivity contribution in [1.82, 2.24) is 19.7 Å². The van der Waals surface area contributed by atoms with Gasteiger partial charge in [0.05, 0.1) is 23.1 Å². The molecule has 0 fully saturated rings. The van der Waals surface area contributed by atoms with Crippen LogP contribution in [0.15, 0.2) is 60.0 Å². The lowest BCUT2D eigenvalue weighted by Crippen LogP contribution is -2.14. The molecule has 4 rings (SSSR count). The van der Waals surface area contributed by atoms with Crippen LogP contribution in [0.3, 0.4) is 0 Å². The van der Waals surface area contributed by atoms with E-state index >= 15 is 0 Å². The number of para-hydroxylation sites is 1. The predicted molar refractivity (Wildman–Crippen MR) is 107 cm³/mol. The number of methoxy groups -OCH3 is 1. The third-order valence-corrected chi connectivity index (χ3v) is 5.60. The van der Waals surface area contributed by atoms with Gasteiger partial charge in [0.1, 0.15) is 12.1 Å². The van der Waals surface area contributed by atoms with E-state index in [-0.39, 0.29) is 11.7 Å². The van der Waals surface area contributed by atoms with Gasteiger partial charge in [-0.3, -0.25) is 9.36 Å². The number of anilines is 1. The highest BCUT2D eigenvalue weighted by Gasteiger charge is 2.12. The van der Waals surface area contributed by atoms with E-state index in [1.165, 1.54) is 23.1 Å². The summed E-state index contributed by atoms with van der Waals surface area (Å²) in [4.78, 5) is 16.7. The van der Waals surface area contributed by atoms with Crippen molar-refractivity contribution >= 4 is 44.4 Å². The molecule has 9 heteroatoms. The van der Waals surface area contributed by atoms with Gasteiger partial charge in [0.25, 0.3) is 0 Å². The number of hydrogen-bond donors (Lipinski definition) is 1. The number of hydrogen-bond acceptors (Lipinski definition) is 7. The van der Waals surface area contributed by atoms with Gasteiger partial charge in [-0.25, -0.2) is 4.98 Å². The molecule has 136 valence electrons. The summed E-state index contributed by atoms with van der Waals surface area (Å²) in [6, 6.07) is 15.4. The third kappa shape index (κ3) is 3.93. The van der Waals surface area contributed by atoms with Gasteiger partial charge in [0.15, 0.2) is 10.3 Å². The molecular weight excluding hydrogens is 382 g/mol. The summed E-state index contributed by atoms with van der Waals surface area (Å²) in [5.41, 5.74) is 1.78. The molecule has 0 saturated carbocycles. The monoisotopic (exact) mass is 397 g/mol. The first kappa shape index (κ1) is 17.5. The number of amides is 1. The molecule has 4 aromatic rings. The van der Waals surface area contributed by atoms with E-state index in [2.05, 4.69) is 20.5 Å². The topological polar surface area (TPSA) is 81.9 Å². The van der Waals surface area contributed by atoms with Crippen molar-refractivity contribution in [2.45, 2.75) is 5.16 Å². The molecule has 1 amide bonds. The predicted octanol–water partition coefficient (Wildman–Crippen LogP) is 3.62. The van der Waals surface area contributed by atoms with Crippen LogP contribution in [0.5, 0.6) is 5.75 Å². The maximum Gasteiger partial charge on any atom is 0.236 e. The van der Waals surface area contributed by atoms with Crippen molar-refractivity contribution < 1.29 is 9.53 Å². The van der Waals surface area contributed by atoms with Crippen LogP contribution >= 0.6 is 23.1 Å². The summed E-state index contributed by atoms with van der Waals surface area (Å²) in [5.74, 6) is 0.832. The van der Waals surface area contributed by atoms with Crippen LogP contribution in [-0.4, -0.2) is 38.5 Å². The second kappa shape index (κ2) is 7.77. The molecule has 0 aliphatic rings. The quantitative estimate of drug-likeness (QED) is 0.501. The number of carbonyl (C=O) groups is 1. The lowest BCUT2D eigenvalue weighted by Gasteiger charge is -2.05. The van der Waals surface area contributed by atoms with Crippen molar-refractivity contribution in [3.8, 4) is 11.4 Å². The second-order valence-corrected chi connectivity index (χ2v) is 7.48. The van der Waals surface area contributed by atoms with E-state index in [1.54, 1.807) is 13.4 Å². The summed E-state index contributed by atoms with van der Waals surface area (Å²) in [7, 11) is 1.62. The Labute approximate surface area is 163 Å². The number of fused-ring (bicyclic) bond motifs is 1.